The fraction of sp³-hybridized carbons (Fsp3) is 0.250. The summed E-state index contributed by atoms with van der Waals surface area (Å²) in [6, 6.07) is 10.2. The predicted molar refractivity (Wildman–Crippen MR) is 86.8 cm³/mol. The van der Waals surface area contributed by atoms with E-state index in [1.54, 1.807) is 24.3 Å². The zero-order valence-electron chi connectivity index (χ0n) is 13.7. The first-order chi connectivity index (χ1) is 12.1. The Labute approximate surface area is 143 Å². The summed E-state index contributed by atoms with van der Waals surface area (Å²) in [7, 11) is 2.29. The van der Waals surface area contributed by atoms with Crippen molar-refractivity contribution in [3.8, 4) is 11.4 Å². The molecule has 2 amide bonds. The van der Waals surface area contributed by atoms with Crippen molar-refractivity contribution < 1.29 is 23.8 Å². The van der Waals surface area contributed by atoms with Crippen LogP contribution >= 0.6 is 0 Å². The zero-order valence-corrected chi connectivity index (χ0v) is 13.7. The smallest absolute Gasteiger partial charge is 0.419 e. The van der Waals surface area contributed by atoms with Crippen LogP contribution < -0.4 is 10.3 Å². The number of aromatic nitrogens is 2. The third kappa shape index (κ3) is 4.56. The topological polar surface area (TPSA) is 100.0 Å². The molecule has 0 spiro atoms. The van der Waals surface area contributed by atoms with Crippen molar-refractivity contribution in [3.63, 3.8) is 0 Å². The molecule has 132 valence electrons. The van der Waals surface area contributed by atoms with Gasteiger partial charge in [-0.15, -0.1) is 0 Å². The third-order valence-corrected chi connectivity index (χ3v) is 3.15. The molecule has 0 saturated heterocycles. The first-order valence-corrected chi connectivity index (χ1v) is 7.28. The van der Waals surface area contributed by atoms with Gasteiger partial charge in [0.1, 0.15) is 12.4 Å². The average molecular weight is 347 g/mol. The first kappa shape index (κ1) is 18.0. The summed E-state index contributed by atoms with van der Waals surface area (Å²) in [5.74, 6) is 0.215. The number of para-hydroxylation sites is 1. The minimum atomic E-state index is -0.868. The summed E-state index contributed by atoms with van der Waals surface area (Å²) in [5, 5.41) is 4.03. The maximum Gasteiger partial charge on any atom is 0.419 e. The summed E-state index contributed by atoms with van der Waals surface area (Å²) in [4.78, 5) is 35.8. The maximum absolute atomic E-state index is 12.1. The van der Waals surface area contributed by atoms with Crippen LogP contribution in [0.15, 0.2) is 47.4 Å². The normalized spacial score (nSPS) is 10.0. The summed E-state index contributed by atoms with van der Waals surface area (Å²) in [5.41, 5.74) is 0.253. The molecule has 0 atom stereocenters. The van der Waals surface area contributed by atoms with Crippen LogP contribution in [0.25, 0.3) is 5.69 Å². The van der Waals surface area contributed by atoms with E-state index in [0.29, 0.717) is 5.69 Å². The van der Waals surface area contributed by atoms with Crippen LogP contribution in [0.1, 0.15) is 0 Å². The Bertz CT molecular complexity index is 774. The largest absolute Gasteiger partial charge is 0.490 e. The molecule has 0 aliphatic rings. The van der Waals surface area contributed by atoms with Gasteiger partial charge >= 0.3 is 12.2 Å². The quantitative estimate of drug-likeness (QED) is 0.807. The zero-order chi connectivity index (χ0) is 18.2. The van der Waals surface area contributed by atoms with Crippen LogP contribution in [-0.2, 0) is 9.47 Å². The minimum Gasteiger partial charge on any atom is -0.490 e. The van der Waals surface area contributed by atoms with E-state index in [0.717, 1.165) is 19.1 Å². The number of hydrogen-bond acceptors (Lipinski definition) is 7. The molecule has 0 saturated carbocycles. The molecule has 0 fully saturated rings. The Kier molecular flexibility index (Phi) is 6.10. The fourth-order valence-electron chi connectivity index (χ4n) is 1.97. The van der Waals surface area contributed by atoms with E-state index >= 15 is 0 Å². The number of rotatable bonds is 5. The first-order valence-electron chi connectivity index (χ1n) is 7.28. The lowest BCUT2D eigenvalue weighted by atomic mass is 10.3. The standard InChI is InChI=1S/C16H17N3O6/c1-23-15(21)18(16(22)24-2)8-9-25-13-10-14(20)19(17-11-13)12-6-4-3-5-7-12/h3-7,10-11H,8-9H2,1-2H3. The molecule has 9 nitrogen and oxygen atoms in total. The lowest BCUT2D eigenvalue weighted by molar-refractivity contribution is 0.0926. The second-order valence-corrected chi connectivity index (χ2v) is 4.72. The number of ether oxygens (including phenoxy) is 3. The van der Waals surface area contributed by atoms with Crippen molar-refractivity contribution in [2.75, 3.05) is 27.4 Å². The molecule has 0 unspecified atom stereocenters. The van der Waals surface area contributed by atoms with E-state index in [1.807, 2.05) is 6.07 Å². The molecule has 2 aromatic rings. The van der Waals surface area contributed by atoms with Gasteiger partial charge in [-0.05, 0) is 12.1 Å². The van der Waals surface area contributed by atoms with Crippen LogP contribution in [0.4, 0.5) is 9.59 Å². The van der Waals surface area contributed by atoms with Gasteiger partial charge in [0.2, 0.25) is 0 Å². The molecule has 0 aliphatic heterocycles. The second-order valence-electron chi connectivity index (χ2n) is 4.72. The number of nitrogens with zero attached hydrogens (tertiary/aromatic N) is 3. The van der Waals surface area contributed by atoms with E-state index in [-0.39, 0.29) is 24.5 Å². The molecule has 0 bridgehead atoms. The SMILES string of the molecule is COC(=O)N(CCOc1cnn(-c2ccccc2)c(=O)c1)C(=O)OC. The average Bonchev–Trinajstić information content (AvgIpc) is 2.65. The van der Waals surface area contributed by atoms with Gasteiger partial charge in [0.15, 0.2) is 0 Å². The molecule has 1 heterocycles. The van der Waals surface area contributed by atoms with Crippen molar-refractivity contribution in [2.24, 2.45) is 0 Å². The summed E-state index contributed by atoms with van der Waals surface area (Å²) in [6.07, 6.45) is -0.365. The molecule has 1 aromatic heterocycles. The van der Waals surface area contributed by atoms with E-state index in [4.69, 9.17) is 4.74 Å². The molecule has 2 rings (SSSR count). The Balaban J connectivity index is 2.02. The summed E-state index contributed by atoms with van der Waals surface area (Å²) >= 11 is 0. The molecule has 0 N–H and O–H groups in total. The molecular formula is C16H17N3O6. The molecule has 0 aliphatic carbocycles. The Hall–Kier alpha value is -3.36. The van der Waals surface area contributed by atoms with Crippen molar-refractivity contribution in [3.05, 3.63) is 52.9 Å². The van der Waals surface area contributed by atoms with Gasteiger partial charge in [0, 0.05) is 6.07 Å². The van der Waals surface area contributed by atoms with Crippen LogP contribution in [0.3, 0.4) is 0 Å². The minimum absolute atomic E-state index is 0.0549. The number of carbonyl (C=O) groups is 2. The maximum atomic E-state index is 12.1. The van der Waals surface area contributed by atoms with Crippen molar-refractivity contribution in [1.82, 2.24) is 14.7 Å². The van der Waals surface area contributed by atoms with Crippen LogP contribution in [0, 0.1) is 0 Å². The lowest BCUT2D eigenvalue weighted by Gasteiger charge is -2.17. The Morgan fingerprint density at radius 1 is 1.12 bits per heavy atom. The number of benzene rings is 1. The Morgan fingerprint density at radius 3 is 2.32 bits per heavy atom. The van der Waals surface area contributed by atoms with Crippen molar-refractivity contribution >= 4 is 12.2 Å². The number of methoxy groups -OCH3 is 2. The van der Waals surface area contributed by atoms with Gasteiger partial charge < -0.3 is 14.2 Å². The van der Waals surface area contributed by atoms with Crippen LogP contribution in [0.2, 0.25) is 0 Å². The highest BCUT2D eigenvalue weighted by atomic mass is 16.6. The molecule has 0 radical (unpaired) electrons. The van der Waals surface area contributed by atoms with Crippen LogP contribution in [0.5, 0.6) is 5.75 Å². The number of amides is 2. The van der Waals surface area contributed by atoms with Crippen LogP contribution in [-0.4, -0.2) is 54.2 Å². The monoisotopic (exact) mass is 347 g/mol. The number of imide groups is 1. The highest BCUT2D eigenvalue weighted by molar-refractivity contribution is 5.87. The lowest BCUT2D eigenvalue weighted by Crippen LogP contribution is -2.39. The van der Waals surface area contributed by atoms with Gasteiger partial charge in [-0.25, -0.2) is 14.5 Å². The van der Waals surface area contributed by atoms with Gasteiger partial charge in [0.25, 0.3) is 5.56 Å². The molecule has 25 heavy (non-hydrogen) atoms. The highest BCUT2D eigenvalue weighted by Gasteiger charge is 2.22. The highest BCUT2D eigenvalue weighted by Crippen LogP contribution is 2.07. The van der Waals surface area contributed by atoms with Gasteiger partial charge in [0.05, 0.1) is 32.6 Å². The Morgan fingerprint density at radius 2 is 1.76 bits per heavy atom. The second kappa shape index (κ2) is 8.48. The summed E-state index contributed by atoms with van der Waals surface area (Å²) in [6.45, 7) is -0.165. The molecular weight excluding hydrogens is 330 g/mol. The van der Waals surface area contributed by atoms with E-state index in [2.05, 4.69) is 14.6 Å². The van der Waals surface area contributed by atoms with Gasteiger partial charge in [-0.3, -0.25) is 4.79 Å². The summed E-state index contributed by atoms with van der Waals surface area (Å²) < 4.78 is 15.6. The van der Waals surface area contributed by atoms with Gasteiger partial charge in [-0.2, -0.15) is 9.78 Å². The van der Waals surface area contributed by atoms with Crippen molar-refractivity contribution in [2.45, 2.75) is 0 Å². The van der Waals surface area contributed by atoms with E-state index in [9.17, 15) is 14.4 Å². The van der Waals surface area contributed by atoms with E-state index in [1.165, 1.54) is 16.9 Å². The van der Waals surface area contributed by atoms with Gasteiger partial charge in [-0.1, -0.05) is 18.2 Å². The number of carbonyl (C=O) groups excluding carboxylic acids is 2. The van der Waals surface area contributed by atoms with E-state index < -0.39 is 12.2 Å². The predicted octanol–water partition coefficient (Wildman–Crippen LogP) is 1.45. The third-order valence-electron chi connectivity index (χ3n) is 3.15. The molecule has 9 heteroatoms. The fourth-order valence-corrected chi connectivity index (χ4v) is 1.97. The molecule has 1 aromatic carbocycles. The van der Waals surface area contributed by atoms with Crippen molar-refractivity contribution in [1.29, 1.82) is 0 Å². The number of hydrogen-bond donors (Lipinski definition) is 0.